The Hall–Kier alpha value is -1.68. The summed E-state index contributed by atoms with van der Waals surface area (Å²) in [6, 6.07) is 6.33. The van der Waals surface area contributed by atoms with Crippen molar-refractivity contribution in [2.75, 3.05) is 0 Å². The van der Waals surface area contributed by atoms with Crippen molar-refractivity contribution in [2.45, 2.75) is 39.7 Å². The smallest absolute Gasteiger partial charge is 0.143 e. The number of rotatable bonds is 6. The topological polar surface area (TPSA) is 34.9 Å². The van der Waals surface area contributed by atoms with Gasteiger partial charge in [-0.2, -0.15) is 5.10 Å². The third-order valence-corrected chi connectivity index (χ3v) is 3.84. The fraction of sp³-hybridized carbons (Fsp3) is 0.375. The number of Topliss-reactive ketones (excluding diaryl/α,β-unsaturated/α-hetero) is 1. The lowest BCUT2D eigenvalue weighted by Gasteiger charge is -2.06. The lowest BCUT2D eigenvalue weighted by Crippen LogP contribution is -2.12. The Morgan fingerprint density at radius 2 is 2.00 bits per heavy atom. The molecule has 0 radical (unpaired) electrons. The van der Waals surface area contributed by atoms with E-state index >= 15 is 0 Å². The minimum Gasteiger partial charge on any atom is -0.299 e. The first-order chi connectivity index (χ1) is 10.1. The van der Waals surface area contributed by atoms with E-state index < -0.39 is 0 Å². The Kier molecular flexibility index (Phi) is 5.12. The lowest BCUT2D eigenvalue weighted by molar-refractivity contribution is -0.117. The van der Waals surface area contributed by atoms with Crippen LogP contribution in [0.4, 0.5) is 4.39 Å². The summed E-state index contributed by atoms with van der Waals surface area (Å²) in [7, 11) is 0. The molecular formula is C16H18ClFN2O. The first-order valence-electron chi connectivity index (χ1n) is 7.05. The van der Waals surface area contributed by atoms with Gasteiger partial charge in [0, 0.05) is 13.0 Å². The molecule has 112 valence electrons. The highest BCUT2D eigenvalue weighted by Gasteiger charge is 2.18. The maximum atomic E-state index is 13.6. The molecule has 0 aliphatic carbocycles. The second-order valence-electron chi connectivity index (χ2n) is 4.86. The van der Waals surface area contributed by atoms with Crippen LogP contribution in [0.15, 0.2) is 24.3 Å². The van der Waals surface area contributed by atoms with Crippen molar-refractivity contribution < 1.29 is 9.18 Å². The van der Waals surface area contributed by atoms with Gasteiger partial charge >= 0.3 is 0 Å². The molecule has 0 N–H and O–H groups in total. The molecule has 0 fully saturated rings. The summed E-state index contributed by atoms with van der Waals surface area (Å²) in [6.45, 7) is 4.58. The molecule has 0 saturated heterocycles. The van der Waals surface area contributed by atoms with Crippen LogP contribution >= 0.6 is 11.6 Å². The van der Waals surface area contributed by atoms with Gasteiger partial charge in [-0.05, 0) is 25.0 Å². The molecule has 1 aromatic heterocycles. The van der Waals surface area contributed by atoms with Crippen LogP contribution in [0, 0.1) is 5.82 Å². The molecule has 0 bridgehead atoms. The SMILES string of the molecule is CCc1nn(CC)c(CC(=O)Cc2ccccc2F)c1Cl. The van der Waals surface area contributed by atoms with Gasteiger partial charge in [0.05, 0.1) is 22.8 Å². The molecule has 1 aromatic carbocycles. The molecule has 0 saturated carbocycles. The molecule has 0 unspecified atom stereocenters. The zero-order valence-corrected chi connectivity index (χ0v) is 13.0. The van der Waals surface area contributed by atoms with Gasteiger partial charge in [-0.3, -0.25) is 9.48 Å². The highest BCUT2D eigenvalue weighted by atomic mass is 35.5. The van der Waals surface area contributed by atoms with E-state index in [0.29, 0.717) is 17.1 Å². The number of carbonyl (C=O) groups excluding carboxylic acids is 1. The lowest BCUT2D eigenvalue weighted by atomic mass is 10.0. The Balaban J connectivity index is 2.17. The molecule has 0 aliphatic heterocycles. The van der Waals surface area contributed by atoms with E-state index in [1.807, 2.05) is 13.8 Å². The average Bonchev–Trinajstić information content (AvgIpc) is 2.77. The number of ketones is 1. The summed E-state index contributed by atoms with van der Waals surface area (Å²) in [4.78, 5) is 12.2. The zero-order chi connectivity index (χ0) is 15.4. The molecular weight excluding hydrogens is 291 g/mol. The van der Waals surface area contributed by atoms with E-state index in [4.69, 9.17) is 11.6 Å². The van der Waals surface area contributed by atoms with Gasteiger partial charge in [-0.15, -0.1) is 0 Å². The monoisotopic (exact) mass is 308 g/mol. The van der Waals surface area contributed by atoms with Crippen molar-refractivity contribution in [3.05, 3.63) is 52.1 Å². The number of halogens is 2. The molecule has 2 rings (SSSR count). The Labute approximate surface area is 128 Å². The van der Waals surface area contributed by atoms with Crippen molar-refractivity contribution in [1.29, 1.82) is 0 Å². The van der Waals surface area contributed by atoms with Crippen LogP contribution in [0.2, 0.25) is 5.02 Å². The van der Waals surface area contributed by atoms with Crippen LogP contribution in [-0.4, -0.2) is 15.6 Å². The highest BCUT2D eigenvalue weighted by molar-refractivity contribution is 6.32. The Morgan fingerprint density at radius 1 is 1.29 bits per heavy atom. The summed E-state index contributed by atoms with van der Waals surface area (Å²) in [6.07, 6.45) is 0.966. The predicted molar refractivity (Wildman–Crippen MR) is 81.1 cm³/mol. The minimum atomic E-state index is -0.352. The van der Waals surface area contributed by atoms with Crippen molar-refractivity contribution in [3.8, 4) is 0 Å². The van der Waals surface area contributed by atoms with E-state index in [2.05, 4.69) is 5.10 Å². The molecule has 3 nitrogen and oxygen atoms in total. The van der Waals surface area contributed by atoms with Gasteiger partial charge in [0.1, 0.15) is 11.6 Å². The normalized spacial score (nSPS) is 10.9. The first-order valence-corrected chi connectivity index (χ1v) is 7.43. The van der Waals surface area contributed by atoms with Gasteiger partial charge in [0.2, 0.25) is 0 Å². The van der Waals surface area contributed by atoms with Gasteiger partial charge in [0.15, 0.2) is 0 Å². The molecule has 2 aromatic rings. The van der Waals surface area contributed by atoms with Crippen LogP contribution in [0.1, 0.15) is 30.8 Å². The molecule has 0 atom stereocenters. The molecule has 0 aliphatic rings. The predicted octanol–water partition coefficient (Wildman–Crippen LogP) is 3.61. The first kappa shape index (κ1) is 15.7. The quantitative estimate of drug-likeness (QED) is 0.817. The molecule has 21 heavy (non-hydrogen) atoms. The Bertz CT molecular complexity index is 652. The molecule has 0 amide bonds. The zero-order valence-electron chi connectivity index (χ0n) is 12.2. The van der Waals surface area contributed by atoms with Crippen LogP contribution in [-0.2, 0) is 30.6 Å². The van der Waals surface area contributed by atoms with E-state index in [-0.39, 0.29) is 24.4 Å². The van der Waals surface area contributed by atoms with Gasteiger partial charge in [-0.25, -0.2) is 4.39 Å². The second kappa shape index (κ2) is 6.85. The standard InChI is InChI=1S/C16H18ClFN2O/c1-3-14-16(17)15(20(4-2)19-14)10-12(21)9-11-7-5-6-8-13(11)18/h5-8H,3-4,9-10H2,1-2H3. The highest BCUT2D eigenvalue weighted by Crippen LogP contribution is 2.22. The molecule has 5 heteroatoms. The second-order valence-corrected chi connectivity index (χ2v) is 5.24. The number of nitrogens with zero attached hydrogens (tertiary/aromatic N) is 2. The minimum absolute atomic E-state index is 0.0688. The number of hydrogen-bond donors (Lipinski definition) is 0. The third kappa shape index (κ3) is 3.50. The van der Waals surface area contributed by atoms with Gasteiger partial charge in [0.25, 0.3) is 0 Å². The van der Waals surface area contributed by atoms with E-state index in [9.17, 15) is 9.18 Å². The van der Waals surface area contributed by atoms with E-state index in [1.165, 1.54) is 6.07 Å². The maximum Gasteiger partial charge on any atom is 0.143 e. The van der Waals surface area contributed by atoms with Gasteiger partial charge in [-0.1, -0.05) is 36.7 Å². The molecule has 0 spiro atoms. The van der Waals surface area contributed by atoms with E-state index in [1.54, 1.807) is 22.9 Å². The Morgan fingerprint density at radius 3 is 2.62 bits per heavy atom. The number of carbonyl (C=O) groups is 1. The van der Waals surface area contributed by atoms with Crippen molar-refractivity contribution in [2.24, 2.45) is 0 Å². The van der Waals surface area contributed by atoms with Gasteiger partial charge < -0.3 is 0 Å². The fourth-order valence-corrected chi connectivity index (χ4v) is 2.63. The number of aromatic nitrogens is 2. The summed E-state index contributed by atoms with van der Waals surface area (Å²) in [5, 5.41) is 4.94. The summed E-state index contributed by atoms with van der Waals surface area (Å²) in [5.41, 5.74) is 1.93. The van der Waals surface area contributed by atoms with Crippen molar-refractivity contribution in [1.82, 2.24) is 9.78 Å². The molecule has 1 heterocycles. The van der Waals surface area contributed by atoms with Crippen LogP contribution in [0.3, 0.4) is 0 Å². The van der Waals surface area contributed by atoms with Crippen LogP contribution in [0.5, 0.6) is 0 Å². The van der Waals surface area contributed by atoms with Crippen LogP contribution in [0.25, 0.3) is 0 Å². The maximum absolute atomic E-state index is 13.6. The third-order valence-electron chi connectivity index (χ3n) is 3.40. The number of benzene rings is 1. The number of hydrogen-bond acceptors (Lipinski definition) is 2. The van der Waals surface area contributed by atoms with Crippen molar-refractivity contribution in [3.63, 3.8) is 0 Å². The fourth-order valence-electron chi connectivity index (χ4n) is 2.29. The van der Waals surface area contributed by atoms with Crippen LogP contribution < -0.4 is 0 Å². The average molecular weight is 309 g/mol. The number of aryl methyl sites for hydroxylation is 2. The summed E-state index contributed by atoms with van der Waals surface area (Å²) in [5.74, 6) is -0.422. The largest absolute Gasteiger partial charge is 0.299 e. The summed E-state index contributed by atoms with van der Waals surface area (Å²) >= 11 is 6.28. The summed E-state index contributed by atoms with van der Waals surface area (Å²) < 4.78 is 15.3. The van der Waals surface area contributed by atoms with E-state index in [0.717, 1.165) is 17.8 Å². The van der Waals surface area contributed by atoms with Crippen molar-refractivity contribution >= 4 is 17.4 Å².